The molecule has 2 aromatic rings. The summed E-state index contributed by atoms with van der Waals surface area (Å²) in [6, 6.07) is 8.78. The number of aryl methyl sites for hydroxylation is 1. The average Bonchev–Trinajstić information content (AvgIpc) is 2.54. The van der Waals surface area contributed by atoms with Gasteiger partial charge in [-0.3, -0.25) is 9.80 Å². The number of rotatable bonds is 5. The lowest BCUT2D eigenvalue weighted by Crippen LogP contribution is -2.52. The zero-order valence-electron chi connectivity index (χ0n) is 14.3. The second kappa shape index (κ2) is 7.34. The third-order valence-electron chi connectivity index (χ3n) is 4.64. The third-order valence-corrected chi connectivity index (χ3v) is 4.64. The number of hydrogen-bond acceptors (Lipinski definition) is 5. The van der Waals surface area contributed by atoms with Crippen molar-refractivity contribution in [3.8, 4) is 0 Å². The van der Waals surface area contributed by atoms with E-state index < -0.39 is 0 Å². The number of methoxy groups -OCH3 is 1. The Hall–Kier alpha value is -1.56. The van der Waals surface area contributed by atoms with Crippen LogP contribution < -0.4 is 0 Å². The Labute approximate surface area is 138 Å². The minimum Gasteiger partial charge on any atom is -0.383 e. The molecule has 0 amide bonds. The van der Waals surface area contributed by atoms with Gasteiger partial charge in [-0.2, -0.15) is 0 Å². The Kier molecular flexibility index (Phi) is 5.20. The van der Waals surface area contributed by atoms with Crippen LogP contribution in [-0.4, -0.2) is 65.7 Å². The van der Waals surface area contributed by atoms with E-state index in [1.807, 2.05) is 12.1 Å². The first-order chi connectivity index (χ1) is 11.2. The first-order valence-electron chi connectivity index (χ1n) is 8.35. The summed E-state index contributed by atoms with van der Waals surface area (Å²) in [4.78, 5) is 14.4. The highest BCUT2D eigenvalue weighted by atomic mass is 16.5. The van der Waals surface area contributed by atoms with Crippen molar-refractivity contribution in [2.45, 2.75) is 26.4 Å². The zero-order chi connectivity index (χ0) is 16.2. The van der Waals surface area contributed by atoms with Crippen LogP contribution >= 0.6 is 0 Å². The fourth-order valence-electron chi connectivity index (χ4n) is 3.32. The quantitative estimate of drug-likeness (QED) is 0.845. The Morgan fingerprint density at radius 2 is 2.04 bits per heavy atom. The van der Waals surface area contributed by atoms with Crippen molar-refractivity contribution in [2.75, 3.05) is 39.9 Å². The fraction of sp³-hybridized carbons (Fsp3) is 0.556. The van der Waals surface area contributed by atoms with Gasteiger partial charge in [0, 0.05) is 50.4 Å². The Bertz CT molecular complexity index is 661. The van der Waals surface area contributed by atoms with Crippen LogP contribution in [0.3, 0.4) is 0 Å². The monoisotopic (exact) mass is 314 g/mol. The van der Waals surface area contributed by atoms with Crippen LogP contribution in [0.5, 0.6) is 0 Å². The van der Waals surface area contributed by atoms with Gasteiger partial charge >= 0.3 is 0 Å². The minimum atomic E-state index is 0.542. The average molecular weight is 314 g/mol. The molecule has 0 aliphatic carbocycles. The van der Waals surface area contributed by atoms with Crippen LogP contribution in [0.25, 0.3) is 10.9 Å². The molecule has 23 heavy (non-hydrogen) atoms. The molecule has 1 atom stereocenters. The summed E-state index contributed by atoms with van der Waals surface area (Å²) in [7, 11) is 1.76. The van der Waals surface area contributed by atoms with Crippen molar-refractivity contribution in [1.82, 2.24) is 19.8 Å². The number of fused-ring (bicyclic) bond motifs is 1. The fourth-order valence-corrected chi connectivity index (χ4v) is 3.32. The smallest absolute Gasteiger partial charge is 0.143 e. The number of aromatic nitrogens is 2. The van der Waals surface area contributed by atoms with Gasteiger partial charge < -0.3 is 4.74 Å². The molecule has 2 heterocycles. The summed E-state index contributed by atoms with van der Waals surface area (Å²) in [6.07, 6.45) is 0. The summed E-state index contributed by atoms with van der Waals surface area (Å²) in [5.74, 6) is 0.929. The molecule has 0 spiro atoms. The van der Waals surface area contributed by atoms with Crippen molar-refractivity contribution in [1.29, 1.82) is 0 Å². The largest absolute Gasteiger partial charge is 0.383 e. The van der Waals surface area contributed by atoms with E-state index in [0.29, 0.717) is 6.04 Å². The molecule has 124 valence electrons. The predicted octanol–water partition coefficient (Wildman–Crippen LogP) is 2.09. The summed E-state index contributed by atoms with van der Waals surface area (Å²) >= 11 is 0. The number of ether oxygens (including phenoxy) is 1. The minimum absolute atomic E-state index is 0.542. The van der Waals surface area contributed by atoms with E-state index in [0.717, 1.165) is 61.8 Å². The summed E-state index contributed by atoms with van der Waals surface area (Å²) in [5.41, 5.74) is 2.11. The van der Waals surface area contributed by atoms with Gasteiger partial charge in [-0.1, -0.05) is 18.2 Å². The highest BCUT2D eigenvalue weighted by molar-refractivity contribution is 5.80. The van der Waals surface area contributed by atoms with Gasteiger partial charge in [0.2, 0.25) is 0 Å². The third kappa shape index (κ3) is 3.86. The van der Waals surface area contributed by atoms with Crippen LogP contribution in [0.1, 0.15) is 18.4 Å². The first-order valence-corrected chi connectivity index (χ1v) is 8.35. The van der Waals surface area contributed by atoms with Gasteiger partial charge in [0.25, 0.3) is 0 Å². The van der Waals surface area contributed by atoms with Gasteiger partial charge in [-0.05, 0) is 19.9 Å². The van der Waals surface area contributed by atoms with Crippen molar-refractivity contribution in [3.63, 3.8) is 0 Å². The molecular formula is C18H26N4O. The molecule has 3 rings (SSSR count). The molecule has 0 saturated carbocycles. The first kappa shape index (κ1) is 16.3. The van der Waals surface area contributed by atoms with Crippen LogP contribution in [0.15, 0.2) is 24.3 Å². The lowest BCUT2D eigenvalue weighted by molar-refractivity contribution is 0.0547. The maximum Gasteiger partial charge on any atom is 0.143 e. The van der Waals surface area contributed by atoms with Crippen molar-refractivity contribution in [2.24, 2.45) is 0 Å². The van der Waals surface area contributed by atoms with Crippen LogP contribution in [0.2, 0.25) is 0 Å². The van der Waals surface area contributed by atoms with Crippen LogP contribution in [0, 0.1) is 6.92 Å². The molecule has 1 saturated heterocycles. The van der Waals surface area contributed by atoms with Crippen molar-refractivity contribution >= 4 is 10.9 Å². The summed E-state index contributed by atoms with van der Waals surface area (Å²) < 4.78 is 5.19. The standard InChI is InChI=1S/C18H26N4O/c1-14-12-21(8-9-22(14)10-11-23-3)13-18-19-15(2)16-6-4-5-7-17(16)20-18/h4-7,14H,8-13H2,1-3H3/t14-/m1/s1. The Morgan fingerprint density at radius 1 is 1.22 bits per heavy atom. The number of hydrogen-bond donors (Lipinski definition) is 0. The molecular weight excluding hydrogens is 288 g/mol. The van der Waals surface area contributed by atoms with E-state index >= 15 is 0 Å². The second-order valence-electron chi connectivity index (χ2n) is 6.36. The van der Waals surface area contributed by atoms with Gasteiger partial charge in [0.15, 0.2) is 0 Å². The van der Waals surface area contributed by atoms with E-state index in [1.165, 1.54) is 0 Å². The highest BCUT2D eigenvalue weighted by Gasteiger charge is 2.23. The Morgan fingerprint density at radius 3 is 2.83 bits per heavy atom. The van der Waals surface area contributed by atoms with E-state index in [4.69, 9.17) is 14.7 Å². The molecule has 0 N–H and O–H groups in total. The van der Waals surface area contributed by atoms with Gasteiger partial charge in [0.05, 0.1) is 18.7 Å². The topological polar surface area (TPSA) is 41.5 Å². The molecule has 1 aliphatic rings. The lowest BCUT2D eigenvalue weighted by atomic mass is 10.2. The van der Waals surface area contributed by atoms with Crippen LogP contribution in [-0.2, 0) is 11.3 Å². The molecule has 1 aromatic carbocycles. The predicted molar refractivity (Wildman–Crippen MR) is 92.5 cm³/mol. The van der Waals surface area contributed by atoms with Crippen molar-refractivity contribution < 1.29 is 4.74 Å². The molecule has 5 heteroatoms. The lowest BCUT2D eigenvalue weighted by Gasteiger charge is -2.39. The van der Waals surface area contributed by atoms with E-state index in [2.05, 4.69) is 35.8 Å². The molecule has 1 aliphatic heterocycles. The maximum absolute atomic E-state index is 5.19. The van der Waals surface area contributed by atoms with E-state index in [-0.39, 0.29) is 0 Å². The number of para-hydroxylation sites is 1. The van der Waals surface area contributed by atoms with Crippen LogP contribution in [0.4, 0.5) is 0 Å². The second-order valence-corrected chi connectivity index (χ2v) is 6.36. The Balaban J connectivity index is 1.66. The molecule has 1 aromatic heterocycles. The van der Waals surface area contributed by atoms with E-state index in [9.17, 15) is 0 Å². The number of piperazine rings is 1. The molecule has 5 nitrogen and oxygen atoms in total. The normalized spacial score (nSPS) is 20.2. The summed E-state index contributed by atoms with van der Waals surface area (Å²) in [5, 5.41) is 1.15. The number of nitrogens with zero attached hydrogens (tertiary/aromatic N) is 4. The number of benzene rings is 1. The molecule has 1 fully saturated rings. The molecule has 0 unspecified atom stereocenters. The summed E-state index contributed by atoms with van der Waals surface area (Å²) in [6.45, 7) is 10.2. The van der Waals surface area contributed by atoms with Crippen molar-refractivity contribution in [3.05, 3.63) is 35.8 Å². The molecule has 0 bridgehead atoms. The SMILES string of the molecule is COCCN1CCN(Cc2nc(C)c3ccccc3n2)C[C@H]1C. The van der Waals surface area contributed by atoms with Gasteiger partial charge in [-0.15, -0.1) is 0 Å². The highest BCUT2D eigenvalue weighted by Crippen LogP contribution is 2.16. The van der Waals surface area contributed by atoms with Gasteiger partial charge in [-0.25, -0.2) is 9.97 Å². The van der Waals surface area contributed by atoms with Gasteiger partial charge in [0.1, 0.15) is 5.82 Å². The zero-order valence-corrected chi connectivity index (χ0v) is 14.3. The maximum atomic E-state index is 5.19. The van der Waals surface area contributed by atoms with E-state index in [1.54, 1.807) is 7.11 Å². The molecule has 0 radical (unpaired) electrons.